The third kappa shape index (κ3) is 13.8. The molecule has 0 unspecified atom stereocenters. The van der Waals surface area contributed by atoms with Gasteiger partial charge in [-0.2, -0.15) is 0 Å². The van der Waals surface area contributed by atoms with Crippen molar-refractivity contribution in [3.05, 3.63) is 0 Å². The molecule has 2 amide bonds. The molecule has 2 atom stereocenters. The number of alkyl carbamates (subject to hydrolysis) is 1. The second kappa shape index (κ2) is 13.1. The van der Waals surface area contributed by atoms with Crippen molar-refractivity contribution in [2.75, 3.05) is 13.1 Å². The van der Waals surface area contributed by atoms with E-state index in [9.17, 15) is 19.5 Å². The van der Waals surface area contributed by atoms with Crippen molar-refractivity contribution in [1.82, 2.24) is 21.3 Å². The molecule has 0 rings (SSSR count). The van der Waals surface area contributed by atoms with Gasteiger partial charge in [0, 0.05) is 13.1 Å². The molecule has 0 aliphatic rings. The Bertz CT molecular complexity index is 620. The summed E-state index contributed by atoms with van der Waals surface area (Å²) < 4.78 is 5.16. The average molecular weight is 431 g/mol. The van der Waals surface area contributed by atoms with Gasteiger partial charge in [-0.15, -0.1) is 0 Å². The monoisotopic (exact) mass is 430 g/mol. The van der Waals surface area contributed by atoms with Crippen molar-refractivity contribution >= 4 is 29.9 Å². The molecule has 0 bridgehead atoms. The molecule has 0 saturated heterocycles. The number of carbonyl (C=O) groups is 3. The fraction of sp³-hybridized carbons (Fsp3) is 0.706. The number of aliphatic carboxylic acids is 1. The largest absolute Gasteiger partial charge is 0.480 e. The Hall–Kier alpha value is -3.25. The standard InChI is InChI=1S/C17H34N8O5/c1-17(2,3)30-16(29)25-10(6-4-8-22-14(18)19)12(26)24-11(13(27)28)7-5-9-23-15(20)21/h10-11H,4-9H2,1-3H3,(H,24,26)(H,25,29)(H,27,28)(H4,18,19,22)(H4,20,21,23)/t10-,11-/m0/s1. The maximum atomic E-state index is 12.6. The molecule has 13 heteroatoms. The van der Waals surface area contributed by atoms with Crippen LogP contribution in [0.4, 0.5) is 4.79 Å². The van der Waals surface area contributed by atoms with Crippen molar-refractivity contribution in [1.29, 1.82) is 10.8 Å². The Balaban J connectivity index is 4.97. The molecule has 30 heavy (non-hydrogen) atoms. The molecule has 0 aromatic carbocycles. The van der Waals surface area contributed by atoms with Crippen LogP contribution in [0, 0.1) is 10.8 Å². The first-order chi connectivity index (χ1) is 13.8. The van der Waals surface area contributed by atoms with Crippen molar-refractivity contribution in [3.63, 3.8) is 0 Å². The summed E-state index contributed by atoms with van der Waals surface area (Å²) in [6, 6.07) is -2.21. The van der Waals surface area contributed by atoms with Crippen LogP contribution < -0.4 is 32.7 Å². The van der Waals surface area contributed by atoms with Gasteiger partial charge in [-0.25, -0.2) is 9.59 Å². The number of carboxylic acid groups (broad SMARTS) is 1. The molecule has 0 aliphatic heterocycles. The summed E-state index contributed by atoms with van der Waals surface area (Å²) in [6.07, 6.45) is 0.201. The Labute approximate surface area is 175 Å². The number of carbonyl (C=O) groups excluding carboxylic acids is 2. The molecule has 0 heterocycles. The summed E-state index contributed by atoms with van der Waals surface area (Å²) in [5.41, 5.74) is 9.60. The second-order valence-corrected chi connectivity index (χ2v) is 7.56. The van der Waals surface area contributed by atoms with Gasteiger partial charge in [-0.3, -0.25) is 15.6 Å². The summed E-state index contributed by atoms with van der Waals surface area (Å²) in [5, 5.41) is 33.6. The highest BCUT2D eigenvalue weighted by Crippen LogP contribution is 2.08. The molecule has 0 fully saturated rings. The molecule has 13 nitrogen and oxygen atoms in total. The van der Waals surface area contributed by atoms with Gasteiger partial charge in [0.1, 0.15) is 17.7 Å². The zero-order chi connectivity index (χ0) is 23.3. The van der Waals surface area contributed by atoms with Gasteiger partial charge >= 0.3 is 12.1 Å². The number of guanidine groups is 2. The number of amides is 2. The van der Waals surface area contributed by atoms with Crippen molar-refractivity contribution in [3.8, 4) is 0 Å². The van der Waals surface area contributed by atoms with E-state index in [-0.39, 0.29) is 31.3 Å². The lowest BCUT2D eigenvalue weighted by Gasteiger charge is -2.24. The van der Waals surface area contributed by atoms with Crippen LogP contribution >= 0.6 is 0 Å². The first kappa shape index (κ1) is 26.8. The number of carboxylic acids is 1. The van der Waals surface area contributed by atoms with Crippen LogP contribution in [-0.2, 0) is 14.3 Å². The smallest absolute Gasteiger partial charge is 0.408 e. The molecular weight excluding hydrogens is 396 g/mol. The van der Waals surface area contributed by atoms with Gasteiger partial charge in [-0.05, 0) is 46.5 Å². The topological polar surface area (TPSA) is 229 Å². The highest BCUT2D eigenvalue weighted by molar-refractivity contribution is 5.89. The van der Waals surface area contributed by atoms with E-state index in [1.165, 1.54) is 0 Å². The van der Waals surface area contributed by atoms with Gasteiger partial charge in [0.05, 0.1) is 0 Å². The first-order valence-electron chi connectivity index (χ1n) is 9.50. The van der Waals surface area contributed by atoms with E-state index >= 15 is 0 Å². The maximum absolute atomic E-state index is 12.6. The molecule has 0 aromatic rings. The number of nitrogens with one attached hydrogen (secondary N) is 6. The van der Waals surface area contributed by atoms with E-state index < -0.39 is 35.7 Å². The van der Waals surface area contributed by atoms with Gasteiger partial charge < -0.3 is 42.6 Å². The van der Waals surface area contributed by atoms with E-state index in [1.54, 1.807) is 20.8 Å². The second-order valence-electron chi connectivity index (χ2n) is 7.56. The van der Waals surface area contributed by atoms with Crippen LogP contribution in [0.15, 0.2) is 0 Å². The SMILES string of the molecule is CC(C)(C)OC(=O)N[C@@H](CCCNC(=N)N)C(=O)N[C@@H](CCCNC(=N)N)C(=O)O. The van der Waals surface area contributed by atoms with Crippen LogP contribution in [0.1, 0.15) is 46.5 Å². The summed E-state index contributed by atoms with van der Waals surface area (Å²) in [6.45, 7) is 5.61. The van der Waals surface area contributed by atoms with Gasteiger partial charge in [-0.1, -0.05) is 0 Å². The zero-order valence-corrected chi connectivity index (χ0v) is 17.6. The minimum Gasteiger partial charge on any atom is -0.480 e. The molecular formula is C17H34N8O5. The summed E-state index contributed by atoms with van der Waals surface area (Å²) in [5.74, 6) is -2.34. The predicted octanol–water partition coefficient (Wildman–Crippen LogP) is -1.02. The predicted molar refractivity (Wildman–Crippen MR) is 111 cm³/mol. The van der Waals surface area contributed by atoms with Crippen molar-refractivity contribution in [2.45, 2.75) is 64.1 Å². The highest BCUT2D eigenvalue weighted by Gasteiger charge is 2.27. The van der Waals surface area contributed by atoms with E-state index in [1.807, 2.05) is 0 Å². The van der Waals surface area contributed by atoms with E-state index in [0.29, 0.717) is 19.4 Å². The van der Waals surface area contributed by atoms with E-state index in [2.05, 4.69) is 21.3 Å². The Morgan fingerprint density at radius 2 is 1.40 bits per heavy atom. The lowest BCUT2D eigenvalue weighted by atomic mass is 10.1. The third-order valence-corrected chi connectivity index (χ3v) is 3.59. The van der Waals surface area contributed by atoms with E-state index in [0.717, 1.165) is 0 Å². The molecule has 0 aromatic heterocycles. The van der Waals surface area contributed by atoms with Crippen LogP contribution in [0.5, 0.6) is 0 Å². The molecule has 11 N–H and O–H groups in total. The Morgan fingerprint density at radius 3 is 1.80 bits per heavy atom. The molecule has 0 radical (unpaired) electrons. The van der Waals surface area contributed by atoms with Crippen LogP contribution in [0.2, 0.25) is 0 Å². The van der Waals surface area contributed by atoms with Gasteiger partial charge in [0.25, 0.3) is 0 Å². The van der Waals surface area contributed by atoms with Crippen LogP contribution in [0.25, 0.3) is 0 Å². The molecule has 172 valence electrons. The number of rotatable bonds is 12. The normalized spacial score (nSPS) is 12.8. The van der Waals surface area contributed by atoms with E-state index in [4.69, 9.17) is 27.0 Å². The summed E-state index contributed by atoms with van der Waals surface area (Å²) in [7, 11) is 0. The fourth-order valence-corrected chi connectivity index (χ4v) is 2.31. The number of nitrogens with two attached hydrogens (primary N) is 2. The van der Waals surface area contributed by atoms with Gasteiger partial charge in [0.15, 0.2) is 11.9 Å². The Morgan fingerprint density at radius 1 is 0.933 bits per heavy atom. The average Bonchev–Trinajstić information content (AvgIpc) is 2.57. The number of ether oxygens (including phenoxy) is 1. The van der Waals surface area contributed by atoms with Gasteiger partial charge in [0.2, 0.25) is 5.91 Å². The molecule has 0 spiro atoms. The quantitative estimate of drug-likeness (QED) is 0.105. The molecule has 0 saturated carbocycles. The number of hydrogen-bond donors (Lipinski definition) is 9. The van der Waals surface area contributed by atoms with Crippen LogP contribution in [0.3, 0.4) is 0 Å². The third-order valence-electron chi connectivity index (χ3n) is 3.59. The minimum absolute atomic E-state index is 0.104. The lowest BCUT2D eigenvalue weighted by Crippen LogP contribution is -2.52. The lowest BCUT2D eigenvalue weighted by molar-refractivity contribution is -0.142. The highest BCUT2D eigenvalue weighted by atomic mass is 16.6. The Kier molecular flexibility index (Phi) is 11.6. The maximum Gasteiger partial charge on any atom is 0.408 e. The summed E-state index contributed by atoms with van der Waals surface area (Å²) >= 11 is 0. The van der Waals surface area contributed by atoms with Crippen molar-refractivity contribution in [2.24, 2.45) is 11.5 Å². The molecule has 0 aliphatic carbocycles. The minimum atomic E-state index is -1.22. The fourth-order valence-electron chi connectivity index (χ4n) is 2.31. The first-order valence-corrected chi connectivity index (χ1v) is 9.50. The summed E-state index contributed by atoms with van der Waals surface area (Å²) in [4.78, 5) is 36.2. The van der Waals surface area contributed by atoms with Crippen molar-refractivity contribution < 1.29 is 24.2 Å². The number of hydrogen-bond acceptors (Lipinski definition) is 6. The van der Waals surface area contributed by atoms with Crippen LogP contribution in [-0.4, -0.2) is 65.8 Å². The zero-order valence-electron chi connectivity index (χ0n) is 17.6.